The van der Waals surface area contributed by atoms with Crippen molar-refractivity contribution in [2.75, 3.05) is 14.2 Å². The van der Waals surface area contributed by atoms with Crippen LogP contribution in [0.15, 0.2) is 42.7 Å². The first-order valence-electron chi connectivity index (χ1n) is 7.45. The molecule has 0 saturated heterocycles. The summed E-state index contributed by atoms with van der Waals surface area (Å²) in [6, 6.07) is 11.2. The van der Waals surface area contributed by atoms with Gasteiger partial charge in [-0.05, 0) is 42.3 Å². The van der Waals surface area contributed by atoms with Crippen LogP contribution in [-0.4, -0.2) is 30.9 Å². The van der Waals surface area contributed by atoms with Crippen molar-refractivity contribution in [2.24, 2.45) is 0 Å². The number of hydrogen-bond donors (Lipinski definition) is 1. The maximum Gasteiger partial charge on any atom is 0.339 e. The van der Waals surface area contributed by atoms with E-state index in [1.165, 1.54) is 13.4 Å². The van der Waals surface area contributed by atoms with Gasteiger partial charge in [-0.2, -0.15) is 0 Å². The summed E-state index contributed by atoms with van der Waals surface area (Å²) in [6.45, 7) is 3.77. The molecule has 24 heavy (non-hydrogen) atoms. The Balaban J connectivity index is 2.61. The van der Waals surface area contributed by atoms with Crippen LogP contribution in [0.2, 0.25) is 0 Å². The second-order valence-corrected chi connectivity index (χ2v) is 5.78. The zero-order valence-corrected chi connectivity index (χ0v) is 14.2. The molecule has 2 aromatic rings. The number of carbonyl (C=O) groups is 1. The van der Waals surface area contributed by atoms with E-state index in [1.54, 1.807) is 13.2 Å². The molecule has 0 amide bonds. The maximum absolute atomic E-state index is 11.5. The lowest BCUT2D eigenvalue weighted by molar-refractivity contribution is -0.130. The predicted octanol–water partition coefficient (Wildman–Crippen LogP) is 3.69. The van der Waals surface area contributed by atoms with Gasteiger partial charge in [0, 0.05) is 12.7 Å². The van der Waals surface area contributed by atoms with Gasteiger partial charge in [-0.3, -0.25) is 0 Å². The van der Waals surface area contributed by atoms with Crippen LogP contribution in [0.5, 0.6) is 0 Å². The zero-order valence-electron chi connectivity index (χ0n) is 14.2. The Labute approximate surface area is 141 Å². The van der Waals surface area contributed by atoms with E-state index in [4.69, 9.17) is 9.47 Å². The minimum absolute atomic E-state index is 0.102. The zero-order chi connectivity index (χ0) is 17.7. The second kappa shape index (κ2) is 7.20. The summed E-state index contributed by atoms with van der Waals surface area (Å²) in [5.74, 6) is 5.10. The third-order valence-corrected chi connectivity index (χ3v) is 3.66. The highest BCUT2D eigenvalue weighted by molar-refractivity contribution is 6.19. The van der Waals surface area contributed by atoms with Crippen molar-refractivity contribution in [2.45, 2.75) is 19.4 Å². The molecule has 2 rings (SSSR count). The number of methoxy groups -OCH3 is 2. The smallest absolute Gasteiger partial charge is 0.339 e. The molecule has 2 aromatic carbocycles. The normalized spacial score (nSPS) is 11.8. The lowest BCUT2D eigenvalue weighted by Crippen LogP contribution is -2.19. The molecule has 0 fully saturated rings. The Bertz CT molecular complexity index is 851. The second-order valence-electron chi connectivity index (χ2n) is 5.78. The highest BCUT2D eigenvalue weighted by Gasteiger charge is 2.14. The highest BCUT2D eigenvalue weighted by Crippen LogP contribution is 2.26. The van der Waals surface area contributed by atoms with E-state index in [1.807, 2.05) is 44.2 Å². The van der Waals surface area contributed by atoms with Crippen molar-refractivity contribution in [3.05, 3.63) is 53.8 Å². The molecule has 0 aromatic heterocycles. The SMILES string of the molecule is COC=C(C(=O)O)c1cccc2ccc(C#CC(C)(C)OC)cc12. The third-order valence-electron chi connectivity index (χ3n) is 3.66. The van der Waals surface area contributed by atoms with Gasteiger partial charge in [-0.15, -0.1) is 0 Å². The quantitative estimate of drug-likeness (QED) is 0.529. The van der Waals surface area contributed by atoms with Gasteiger partial charge in [-0.1, -0.05) is 36.1 Å². The molecule has 0 unspecified atom stereocenters. The van der Waals surface area contributed by atoms with Crippen LogP contribution in [0.3, 0.4) is 0 Å². The van der Waals surface area contributed by atoms with Gasteiger partial charge in [0.05, 0.1) is 13.4 Å². The number of hydrogen-bond acceptors (Lipinski definition) is 3. The van der Waals surface area contributed by atoms with Gasteiger partial charge in [0.2, 0.25) is 0 Å². The van der Waals surface area contributed by atoms with Crippen LogP contribution < -0.4 is 0 Å². The average molecular weight is 324 g/mol. The number of benzene rings is 2. The molecule has 0 radical (unpaired) electrons. The minimum atomic E-state index is -1.04. The van der Waals surface area contributed by atoms with E-state index in [-0.39, 0.29) is 5.57 Å². The molecule has 0 spiro atoms. The van der Waals surface area contributed by atoms with Crippen molar-refractivity contribution in [3.63, 3.8) is 0 Å². The summed E-state index contributed by atoms with van der Waals surface area (Å²) < 4.78 is 10.2. The number of carboxylic acid groups (broad SMARTS) is 1. The average Bonchev–Trinajstić information content (AvgIpc) is 2.57. The Hall–Kier alpha value is -2.77. The Morgan fingerprint density at radius 2 is 1.96 bits per heavy atom. The van der Waals surface area contributed by atoms with Gasteiger partial charge in [0.1, 0.15) is 11.2 Å². The van der Waals surface area contributed by atoms with E-state index >= 15 is 0 Å². The number of aliphatic carboxylic acids is 1. The lowest BCUT2D eigenvalue weighted by atomic mass is 9.97. The van der Waals surface area contributed by atoms with Crippen molar-refractivity contribution in [1.82, 2.24) is 0 Å². The van der Waals surface area contributed by atoms with Crippen molar-refractivity contribution < 1.29 is 19.4 Å². The fraction of sp³-hybridized carbons (Fsp3) is 0.250. The molecular formula is C20H20O4. The van der Waals surface area contributed by atoms with Crippen molar-refractivity contribution in [1.29, 1.82) is 0 Å². The number of fused-ring (bicyclic) bond motifs is 1. The van der Waals surface area contributed by atoms with Crippen molar-refractivity contribution in [3.8, 4) is 11.8 Å². The standard InChI is InChI=1S/C20H20O4/c1-20(2,24-4)11-10-14-8-9-15-6-5-7-16(17(15)12-14)18(13-23-3)19(21)22/h5-9,12-13H,1-4H3,(H,21,22). The van der Waals surface area contributed by atoms with E-state index in [9.17, 15) is 9.90 Å². The van der Waals surface area contributed by atoms with Crippen LogP contribution in [0.1, 0.15) is 25.0 Å². The molecule has 0 bridgehead atoms. The van der Waals surface area contributed by atoms with Gasteiger partial charge >= 0.3 is 5.97 Å². The monoisotopic (exact) mass is 324 g/mol. The highest BCUT2D eigenvalue weighted by atomic mass is 16.5. The first-order chi connectivity index (χ1) is 11.4. The van der Waals surface area contributed by atoms with E-state index < -0.39 is 11.6 Å². The van der Waals surface area contributed by atoms with Crippen molar-refractivity contribution >= 4 is 22.3 Å². The largest absolute Gasteiger partial charge is 0.503 e. The molecule has 1 N–H and O–H groups in total. The first-order valence-corrected chi connectivity index (χ1v) is 7.45. The van der Waals surface area contributed by atoms with E-state index in [0.717, 1.165) is 16.3 Å². The Morgan fingerprint density at radius 1 is 1.21 bits per heavy atom. The number of carboxylic acids is 1. The molecule has 0 aliphatic rings. The van der Waals surface area contributed by atoms with E-state index in [0.29, 0.717) is 5.56 Å². The number of ether oxygens (including phenoxy) is 2. The van der Waals surface area contributed by atoms with Gasteiger partial charge in [0.15, 0.2) is 0 Å². The molecule has 0 aliphatic heterocycles. The molecule has 4 heteroatoms. The first kappa shape index (κ1) is 17.6. The summed E-state index contributed by atoms with van der Waals surface area (Å²) in [6.07, 6.45) is 1.24. The summed E-state index contributed by atoms with van der Waals surface area (Å²) in [5.41, 5.74) is 0.945. The van der Waals surface area contributed by atoms with Gasteiger partial charge in [-0.25, -0.2) is 4.79 Å². The predicted molar refractivity (Wildman–Crippen MR) is 94.5 cm³/mol. The maximum atomic E-state index is 11.5. The van der Waals surface area contributed by atoms with Crippen LogP contribution in [-0.2, 0) is 14.3 Å². The van der Waals surface area contributed by atoms with Crippen LogP contribution >= 0.6 is 0 Å². The van der Waals surface area contributed by atoms with Crippen LogP contribution in [0, 0.1) is 11.8 Å². The summed E-state index contributed by atoms with van der Waals surface area (Å²) >= 11 is 0. The lowest BCUT2D eigenvalue weighted by Gasteiger charge is -2.14. The van der Waals surface area contributed by atoms with E-state index in [2.05, 4.69) is 11.8 Å². The molecule has 0 aliphatic carbocycles. The molecular weight excluding hydrogens is 304 g/mol. The van der Waals surface area contributed by atoms with Crippen LogP contribution in [0.25, 0.3) is 16.3 Å². The third kappa shape index (κ3) is 3.95. The molecule has 0 saturated carbocycles. The topological polar surface area (TPSA) is 55.8 Å². The van der Waals surface area contributed by atoms with Crippen LogP contribution in [0.4, 0.5) is 0 Å². The fourth-order valence-corrected chi connectivity index (χ4v) is 2.21. The minimum Gasteiger partial charge on any atom is -0.503 e. The summed E-state index contributed by atoms with van der Waals surface area (Å²) in [4.78, 5) is 11.5. The Kier molecular flexibility index (Phi) is 5.28. The molecule has 0 atom stereocenters. The Morgan fingerprint density at radius 3 is 2.58 bits per heavy atom. The number of rotatable bonds is 4. The summed E-state index contributed by atoms with van der Waals surface area (Å²) in [5, 5.41) is 11.2. The fourth-order valence-electron chi connectivity index (χ4n) is 2.21. The molecule has 124 valence electrons. The molecule has 4 nitrogen and oxygen atoms in total. The molecule has 0 heterocycles. The van der Waals surface area contributed by atoms with Gasteiger partial charge < -0.3 is 14.6 Å². The van der Waals surface area contributed by atoms with Gasteiger partial charge in [0.25, 0.3) is 0 Å². The summed E-state index contributed by atoms with van der Waals surface area (Å²) in [7, 11) is 3.04.